The maximum absolute atomic E-state index is 4.76. The quantitative estimate of drug-likeness (QED) is 0.764. The normalized spacial score (nSPS) is 17.8. The molecule has 106 valence electrons. The molecule has 1 aliphatic heterocycles. The maximum atomic E-state index is 4.76. The molecule has 0 amide bonds. The molecule has 0 unspecified atom stereocenters. The van der Waals surface area contributed by atoms with E-state index in [1.165, 1.54) is 19.3 Å². The molecule has 0 radical (unpaired) electrons. The lowest BCUT2D eigenvalue weighted by atomic mass is 9.94. The molecular formula is C15H24BrN3. The zero-order valence-electron chi connectivity index (χ0n) is 12.4. The molecule has 1 fully saturated rings. The summed E-state index contributed by atoms with van der Waals surface area (Å²) in [6.45, 7) is 11.0. The van der Waals surface area contributed by atoms with Crippen LogP contribution in [0.4, 0.5) is 5.82 Å². The van der Waals surface area contributed by atoms with Gasteiger partial charge in [-0.05, 0) is 34.7 Å². The summed E-state index contributed by atoms with van der Waals surface area (Å²) in [7, 11) is 0. The topological polar surface area (TPSA) is 29.0 Å². The molecule has 0 atom stereocenters. The van der Waals surface area contributed by atoms with Crippen LogP contribution >= 0.6 is 15.9 Å². The predicted octanol–water partition coefficient (Wildman–Crippen LogP) is 4.16. The summed E-state index contributed by atoms with van der Waals surface area (Å²) in [4.78, 5) is 11.7. The molecule has 3 nitrogen and oxygen atoms in total. The fraction of sp³-hybridized carbons (Fsp3) is 0.733. The standard InChI is InChI=1S/C15H24BrN3/c1-5-11-6-8-19(9-7-11)13-10-12(16)17-14(18-13)15(2,3)4/h10-11H,5-9H2,1-4H3. The van der Waals surface area contributed by atoms with Gasteiger partial charge in [0.2, 0.25) is 0 Å². The van der Waals surface area contributed by atoms with Gasteiger partial charge in [0, 0.05) is 24.6 Å². The molecule has 0 aromatic carbocycles. The minimum atomic E-state index is -0.0136. The van der Waals surface area contributed by atoms with Crippen LogP contribution in [0.2, 0.25) is 0 Å². The van der Waals surface area contributed by atoms with Gasteiger partial charge in [0.15, 0.2) is 0 Å². The molecule has 0 spiro atoms. The minimum absolute atomic E-state index is 0.0136. The monoisotopic (exact) mass is 325 g/mol. The van der Waals surface area contributed by atoms with E-state index >= 15 is 0 Å². The first-order valence-corrected chi connectivity index (χ1v) is 7.99. The average molecular weight is 326 g/mol. The maximum Gasteiger partial charge on any atom is 0.137 e. The van der Waals surface area contributed by atoms with Crippen LogP contribution < -0.4 is 4.90 Å². The van der Waals surface area contributed by atoms with E-state index in [4.69, 9.17) is 4.98 Å². The van der Waals surface area contributed by atoms with Gasteiger partial charge in [-0.1, -0.05) is 34.1 Å². The van der Waals surface area contributed by atoms with Crippen molar-refractivity contribution in [3.63, 3.8) is 0 Å². The van der Waals surface area contributed by atoms with Crippen LogP contribution in [0.25, 0.3) is 0 Å². The SMILES string of the molecule is CCC1CCN(c2cc(Br)nc(C(C)(C)C)n2)CC1. The van der Waals surface area contributed by atoms with Crippen LogP contribution in [0.5, 0.6) is 0 Å². The molecule has 1 aromatic rings. The van der Waals surface area contributed by atoms with Crippen LogP contribution in [0, 0.1) is 5.92 Å². The molecule has 19 heavy (non-hydrogen) atoms. The van der Waals surface area contributed by atoms with Crippen molar-refractivity contribution in [1.82, 2.24) is 9.97 Å². The molecule has 4 heteroatoms. The van der Waals surface area contributed by atoms with E-state index in [0.717, 1.165) is 35.3 Å². The fourth-order valence-corrected chi connectivity index (χ4v) is 2.85. The van der Waals surface area contributed by atoms with Crippen molar-refractivity contribution in [1.29, 1.82) is 0 Å². The zero-order valence-corrected chi connectivity index (χ0v) is 14.0. The second-order valence-corrected chi connectivity index (χ2v) is 7.27. The summed E-state index contributed by atoms with van der Waals surface area (Å²) in [6, 6.07) is 2.04. The Balaban J connectivity index is 2.19. The summed E-state index contributed by atoms with van der Waals surface area (Å²) in [5.74, 6) is 2.87. The molecule has 0 bridgehead atoms. The first-order chi connectivity index (χ1) is 8.90. The Hall–Kier alpha value is -0.640. The van der Waals surface area contributed by atoms with Crippen molar-refractivity contribution in [3.05, 3.63) is 16.5 Å². The molecule has 0 aliphatic carbocycles. The summed E-state index contributed by atoms with van der Waals surface area (Å²) in [6.07, 6.45) is 3.86. The minimum Gasteiger partial charge on any atom is -0.356 e. The van der Waals surface area contributed by atoms with E-state index in [9.17, 15) is 0 Å². The van der Waals surface area contributed by atoms with E-state index in [-0.39, 0.29) is 5.41 Å². The molecule has 1 aliphatic rings. The molecule has 2 rings (SSSR count). The number of rotatable bonds is 2. The van der Waals surface area contributed by atoms with Crippen molar-refractivity contribution in [2.24, 2.45) is 5.92 Å². The number of hydrogen-bond donors (Lipinski definition) is 0. The largest absolute Gasteiger partial charge is 0.356 e. The van der Waals surface area contributed by atoms with Crippen LogP contribution in [0.3, 0.4) is 0 Å². The highest BCUT2D eigenvalue weighted by Gasteiger charge is 2.23. The average Bonchev–Trinajstić information content (AvgIpc) is 2.37. The zero-order chi connectivity index (χ0) is 14.0. The number of nitrogens with zero attached hydrogens (tertiary/aromatic N) is 3. The van der Waals surface area contributed by atoms with Gasteiger partial charge in [0.05, 0.1) is 0 Å². The van der Waals surface area contributed by atoms with Gasteiger partial charge < -0.3 is 4.90 Å². The van der Waals surface area contributed by atoms with Crippen LogP contribution in [-0.2, 0) is 5.41 Å². The van der Waals surface area contributed by atoms with Gasteiger partial charge in [-0.3, -0.25) is 0 Å². The summed E-state index contributed by atoms with van der Waals surface area (Å²) in [5.41, 5.74) is -0.0136. The number of halogens is 1. The number of aromatic nitrogens is 2. The van der Waals surface area contributed by atoms with E-state index in [1.54, 1.807) is 0 Å². The smallest absolute Gasteiger partial charge is 0.137 e. The van der Waals surface area contributed by atoms with E-state index in [0.29, 0.717) is 0 Å². The highest BCUT2D eigenvalue weighted by molar-refractivity contribution is 9.10. The highest BCUT2D eigenvalue weighted by atomic mass is 79.9. The molecular weight excluding hydrogens is 302 g/mol. The summed E-state index contributed by atoms with van der Waals surface area (Å²) < 4.78 is 0.889. The van der Waals surface area contributed by atoms with Crippen molar-refractivity contribution >= 4 is 21.7 Å². The second-order valence-electron chi connectivity index (χ2n) is 6.46. The number of hydrogen-bond acceptors (Lipinski definition) is 3. The fourth-order valence-electron chi connectivity index (χ4n) is 2.47. The first-order valence-electron chi connectivity index (χ1n) is 7.20. The molecule has 0 saturated carbocycles. The molecule has 1 saturated heterocycles. The first kappa shape index (κ1) is 14.8. The lowest BCUT2D eigenvalue weighted by Crippen LogP contribution is -2.34. The summed E-state index contributed by atoms with van der Waals surface area (Å²) >= 11 is 3.52. The van der Waals surface area contributed by atoms with Crippen LogP contribution in [0.15, 0.2) is 10.7 Å². The van der Waals surface area contributed by atoms with E-state index < -0.39 is 0 Å². The van der Waals surface area contributed by atoms with Gasteiger partial charge >= 0.3 is 0 Å². The number of piperidine rings is 1. The molecule has 1 aromatic heterocycles. The Morgan fingerprint density at radius 2 is 1.89 bits per heavy atom. The highest BCUT2D eigenvalue weighted by Crippen LogP contribution is 2.27. The van der Waals surface area contributed by atoms with Crippen LogP contribution in [0.1, 0.15) is 52.8 Å². The Kier molecular flexibility index (Phi) is 4.49. The summed E-state index contributed by atoms with van der Waals surface area (Å²) in [5, 5.41) is 0. The lowest BCUT2D eigenvalue weighted by molar-refractivity contribution is 0.393. The Morgan fingerprint density at radius 3 is 2.42 bits per heavy atom. The Morgan fingerprint density at radius 1 is 1.26 bits per heavy atom. The molecule has 2 heterocycles. The third kappa shape index (κ3) is 3.68. The molecule has 0 N–H and O–H groups in total. The van der Waals surface area contributed by atoms with Gasteiger partial charge in [0.1, 0.15) is 16.2 Å². The second kappa shape index (κ2) is 5.78. The third-order valence-corrected chi connectivity index (χ3v) is 4.27. The van der Waals surface area contributed by atoms with Gasteiger partial charge in [-0.2, -0.15) is 0 Å². The van der Waals surface area contributed by atoms with E-state index in [2.05, 4.69) is 53.5 Å². The lowest BCUT2D eigenvalue weighted by Gasteiger charge is -2.33. The van der Waals surface area contributed by atoms with Crippen molar-refractivity contribution in [3.8, 4) is 0 Å². The van der Waals surface area contributed by atoms with Crippen molar-refractivity contribution < 1.29 is 0 Å². The van der Waals surface area contributed by atoms with Crippen molar-refractivity contribution in [2.75, 3.05) is 18.0 Å². The Labute approximate surface area is 125 Å². The third-order valence-electron chi connectivity index (χ3n) is 3.87. The van der Waals surface area contributed by atoms with Crippen molar-refractivity contribution in [2.45, 2.75) is 52.4 Å². The van der Waals surface area contributed by atoms with Gasteiger partial charge in [-0.25, -0.2) is 9.97 Å². The number of anilines is 1. The predicted molar refractivity (Wildman–Crippen MR) is 83.7 cm³/mol. The van der Waals surface area contributed by atoms with Gasteiger partial charge in [0.25, 0.3) is 0 Å². The Bertz CT molecular complexity index is 432. The van der Waals surface area contributed by atoms with E-state index in [1.807, 2.05) is 6.07 Å². The van der Waals surface area contributed by atoms with Gasteiger partial charge in [-0.15, -0.1) is 0 Å². The van der Waals surface area contributed by atoms with Crippen LogP contribution in [-0.4, -0.2) is 23.1 Å².